The van der Waals surface area contributed by atoms with Gasteiger partial charge in [0.05, 0.1) is 0 Å². The van der Waals surface area contributed by atoms with Crippen molar-refractivity contribution in [3.05, 3.63) is 35.4 Å². The fraction of sp³-hybridized carbons (Fsp3) is 0.588. The highest BCUT2D eigenvalue weighted by Crippen LogP contribution is 2.10. The number of likely N-dealkylation sites (N-methyl/N-ethyl adjacent to an activating group) is 1. The van der Waals surface area contributed by atoms with Gasteiger partial charge in [-0.2, -0.15) is 0 Å². The molecule has 2 rings (SSSR count). The summed E-state index contributed by atoms with van der Waals surface area (Å²) in [5.41, 5.74) is 2.65. The Morgan fingerprint density at radius 3 is 2.59 bits per heavy atom. The standard InChI is InChI=1S/C17H28N4O/c1-15-5-4-6-16(13-15)14-20-9-11-21(12-10-20)17(22)18-7-8-19(2)3/h4-6,13H,7-12,14H2,1-3H3,(H,18,22). The van der Waals surface area contributed by atoms with Gasteiger partial charge in [-0.25, -0.2) is 4.79 Å². The molecular weight excluding hydrogens is 276 g/mol. The second kappa shape index (κ2) is 8.15. The summed E-state index contributed by atoms with van der Waals surface area (Å²) in [4.78, 5) is 18.5. The predicted octanol–water partition coefficient (Wildman–Crippen LogP) is 1.38. The maximum absolute atomic E-state index is 12.1. The molecule has 1 fully saturated rings. The molecule has 0 saturated carbocycles. The van der Waals surface area contributed by atoms with Crippen molar-refractivity contribution >= 4 is 6.03 Å². The normalized spacial score (nSPS) is 16.1. The molecule has 1 aromatic rings. The number of hydrogen-bond donors (Lipinski definition) is 1. The van der Waals surface area contributed by atoms with Crippen LogP contribution in [0.15, 0.2) is 24.3 Å². The molecule has 0 radical (unpaired) electrons. The number of nitrogens with zero attached hydrogens (tertiary/aromatic N) is 3. The van der Waals surface area contributed by atoms with Crippen LogP contribution in [0, 0.1) is 6.92 Å². The zero-order valence-electron chi connectivity index (χ0n) is 14.0. The Morgan fingerprint density at radius 1 is 1.23 bits per heavy atom. The van der Waals surface area contributed by atoms with E-state index in [-0.39, 0.29) is 6.03 Å². The maximum Gasteiger partial charge on any atom is 0.317 e. The van der Waals surface area contributed by atoms with Gasteiger partial charge in [-0.15, -0.1) is 0 Å². The van der Waals surface area contributed by atoms with Gasteiger partial charge < -0.3 is 15.1 Å². The van der Waals surface area contributed by atoms with Gasteiger partial charge >= 0.3 is 6.03 Å². The first kappa shape index (κ1) is 16.8. The highest BCUT2D eigenvalue weighted by atomic mass is 16.2. The molecule has 0 spiro atoms. The van der Waals surface area contributed by atoms with E-state index in [4.69, 9.17) is 0 Å². The molecule has 2 amide bonds. The Kier molecular flexibility index (Phi) is 6.21. The number of rotatable bonds is 5. The molecular formula is C17H28N4O. The lowest BCUT2D eigenvalue weighted by Crippen LogP contribution is -2.52. The summed E-state index contributed by atoms with van der Waals surface area (Å²) in [7, 11) is 4.02. The number of hydrogen-bond acceptors (Lipinski definition) is 3. The van der Waals surface area contributed by atoms with Crippen molar-refractivity contribution in [1.29, 1.82) is 0 Å². The lowest BCUT2D eigenvalue weighted by molar-refractivity contribution is 0.135. The van der Waals surface area contributed by atoms with Crippen LogP contribution in [-0.2, 0) is 6.54 Å². The largest absolute Gasteiger partial charge is 0.337 e. The van der Waals surface area contributed by atoms with Crippen LogP contribution in [0.1, 0.15) is 11.1 Å². The average molecular weight is 304 g/mol. The van der Waals surface area contributed by atoms with Gasteiger partial charge in [0.2, 0.25) is 0 Å². The summed E-state index contributed by atoms with van der Waals surface area (Å²) < 4.78 is 0. The Labute approximate surface area is 133 Å². The fourth-order valence-electron chi connectivity index (χ4n) is 2.68. The van der Waals surface area contributed by atoms with Crippen molar-refractivity contribution in [2.45, 2.75) is 13.5 Å². The van der Waals surface area contributed by atoms with Gasteiger partial charge in [0.25, 0.3) is 0 Å². The van der Waals surface area contributed by atoms with Gasteiger partial charge in [0, 0.05) is 45.8 Å². The molecule has 0 unspecified atom stereocenters. The van der Waals surface area contributed by atoms with E-state index in [0.717, 1.165) is 39.3 Å². The molecule has 5 nitrogen and oxygen atoms in total. The van der Waals surface area contributed by atoms with Crippen LogP contribution in [0.3, 0.4) is 0 Å². The van der Waals surface area contributed by atoms with Crippen LogP contribution in [0.4, 0.5) is 4.79 Å². The molecule has 1 N–H and O–H groups in total. The van der Waals surface area contributed by atoms with Crippen molar-refractivity contribution in [1.82, 2.24) is 20.0 Å². The van der Waals surface area contributed by atoms with E-state index in [9.17, 15) is 4.79 Å². The van der Waals surface area contributed by atoms with Crippen molar-refractivity contribution in [2.24, 2.45) is 0 Å². The molecule has 1 aliphatic rings. The number of amides is 2. The van der Waals surface area contributed by atoms with Crippen molar-refractivity contribution in [2.75, 3.05) is 53.4 Å². The number of carbonyl (C=O) groups excluding carboxylic acids is 1. The first-order chi connectivity index (χ1) is 10.5. The Balaban J connectivity index is 1.72. The molecule has 22 heavy (non-hydrogen) atoms. The third-order valence-electron chi connectivity index (χ3n) is 3.98. The molecule has 122 valence electrons. The lowest BCUT2D eigenvalue weighted by atomic mass is 10.1. The van der Waals surface area contributed by atoms with Gasteiger partial charge in [-0.05, 0) is 26.6 Å². The summed E-state index contributed by atoms with van der Waals surface area (Å²) in [5.74, 6) is 0. The molecule has 0 aliphatic carbocycles. The van der Waals surface area contributed by atoms with Crippen LogP contribution in [-0.4, -0.2) is 74.1 Å². The number of aryl methyl sites for hydroxylation is 1. The molecule has 0 aromatic heterocycles. The van der Waals surface area contributed by atoms with Crippen molar-refractivity contribution in [3.8, 4) is 0 Å². The van der Waals surface area contributed by atoms with Crippen LogP contribution in [0.5, 0.6) is 0 Å². The van der Waals surface area contributed by atoms with Crippen molar-refractivity contribution in [3.63, 3.8) is 0 Å². The smallest absolute Gasteiger partial charge is 0.317 e. The minimum Gasteiger partial charge on any atom is -0.337 e. The van der Waals surface area contributed by atoms with E-state index >= 15 is 0 Å². The number of benzene rings is 1. The third-order valence-corrected chi connectivity index (χ3v) is 3.98. The fourth-order valence-corrected chi connectivity index (χ4v) is 2.68. The summed E-state index contributed by atoms with van der Waals surface area (Å²) in [6, 6.07) is 8.71. The maximum atomic E-state index is 12.1. The summed E-state index contributed by atoms with van der Waals surface area (Å²) in [6.07, 6.45) is 0. The van der Waals surface area contributed by atoms with E-state index < -0.39 is 0 Å². The quantitative estimate of drug-likeness (QED) is 0.893. The minimum absolute atomic E-state index is 0.0667. The monoisotopic (exact) mass is 304 g/mol. The Hall–Kier alpha value is -1.59. The Bertz CT molecular complexity index is 481. The molecule has 0 bridgehead atoms. The van der Waals surface area contributed by atoms with E-state index in [1.807, 2.05) is 19.0 Å². The highest BCUT2D eigenvalue weighted by Gasteiger charge is 2.20. The molecule has 1 heterocycles. The third kappa shape index (κ3) is 5.31. The topological polar surface area (TPSA) is 38.8 Å². The number of nitrogens with one attached hydrogen (secondary N) is 1. The summed E-state index contributed by atoms with van der Waals surface area (Å²) in [5, 5.41) is 2.98. The van der Waals surface area contributed by atoms with Crippen LogP contribution < -0.4 is 5.32 Å². The van der Waals surface area contributed by atoms with Crippen LogP contribution in [0.2, 0.25) is 0 Å². The average Bonchev–Trinajstić information content (AvgIpc) is 2.47. The summed E-state index contributed by atoms with van der Waals surface area (Å²) >= 11 is 0. The molecule has 5 heteroatoms. The minimum atomic E-state index is 0.0667. The van der Waals surface area contributed by atoms with Crippen LogP contribution >= 0.6 is 0 Å². The Morgan fingerprint density at radius 2 is 1.95 bits per heavy atom. The van der Waals surface area contributed by atoms with E-state index in [0.29, 0.717) is 6.54 Å². The number of piperazine rings is 1. The molecule has 0 atom stereocenters. The zero-order valence-corrected chi connectivity index (χ0v) is 14.0. The predicted molar refractivity (Wildman–Crippen MR) is 90.0 cm³/mol. The van der Waals surface area contributed by atoms with E-state index in [1.165, 1.54) is 11.1 Å². The second-order valence-corrected chi connectivity index (χ2v) is 6.29. The van der Waals surface area contributed by atoms with Crippen LogP contribution in [0.25, 0.3) is 0 Å². The number of urea groups is 1. The molecule has 1 aromatic carbocycles. The first-order valence-electron chi connectivity index (χ1n) is 8.00. The first-order valence-corrected chi connectivity index (χ1v) is 8.00. The van der Waals surface area contributed by atoms with Gasteiger partial charge in [-0.3, -0.25) is 4.90 Å². The van der Waals surface area contributed by atoms with Gasteiger partial charge in [-0.1, -0.05) is 29.8 Å². The SMILES string of the molecule is Cc1cccc(CN2CCN(C(=O)NCCN(C)C)CC2)c1. The second-order valence-electron chi connectivity index (χ2n) is 6.29. The zero-order chi connectivity index (χ0) is 15.9. The van der Waals surface area contributed by atoms with E-state index in [1.54, 1.807) is 0 Å². The molecule has 1 saturated heterocycles. The van der Waals surface area contributed by atoms with Crippen molar-refractivity contribution < 1.29 is 4.79 Å². The number of carbonyl (C=O) groups is 1. The highest BCUT2D eigenvalue weighted by molar-refractivity contribution is 5.74. The lowest BCUT2D eigenvalue weighted by Gasteiger charge is -2.34. The molecule has 1 aliphatic heterocycles. The van der Waals surface area contributed by atoms with Gasteiger partial charge in [0.1, 0.15) is 0 Å². The summed E-state index contributed by atoms with van der Waals surface area (Å²) in [6.45, 7) is 8.16. The van der Waals surface area contributed by atoms with Gasteiger partial charge in [0.15, 0.2) is 0 Å². The van der Waals surface area contributed by atoms with E-state index in [2.05, 4.69) is 46.3 Å².